The molecule has 0 bridgehead atoms. The standard InChI is InChI=1S/C15H15N3O3S/c1-7-11-12(9-3-5-10(6-4-9)15(20)21)22-8(2)14(19)16-13(11)18-17-7/h3-6,8,12H,1-2H3,(H,20,21)(H2,16,17,18,19)/p-1/t8-,12+/m1/s1. The van der Waals surface area contributed by atoms with E-state index >= 15 is 0 Å². The van der Waals surface area contributed by atoms with Crippen molar-refractivity contribution in [2.75, 3.05) is 5.32 Å². The number of benzene rings is 1. The number of carboxylic acid groups (broad SMARTS) is 1. The molecule has 1 aliphatic rings. The number of thioether (sulfide) groups is 1. The molecule has 1 aromatic heterocycles. The molecule has 114 valence electrons. The second-order valence-corrected chi connectivity index (χ2v) is 6.62. The number of carboxylic acids is 1. The molecule has 2 atom stereocenters. The smallest absolute Gasteiger partial charge is 0.238 e. The van der Waals surface area contributed by atoms with Crippen LogP contribution < -0.4 is 10.4 Å². The van der Waals surface area contributed by atoms with Crippen molar-refractivity contribution in [3.63, 3.8) is 0 Å². The Labute approximate surface area is 131 Å². The summed E-state index contributed by atoms with van der Waals surface area (Å²) in [5, 5.41) is 20.4. The monoisotopic (exact) mass is 316 g/mol. The lowest BCUT2D eigenvalue weighted by atomic mass is 10.0. The van der Waals surface area contributed by atoms with Crippen molar-refractivity contribution in [2.45, 2.75) is 24.3 Å². The van der Waals surface area contributed by atoms with Crippen LogP contribution in [0.5, 0.6) is 0 Å². The van der Waals surface area contributed by atoms with Gasteiger partial charge in [0.2, 0.25) is 5.91 Å². The quantitative estimate of drug-likeness (QED) is 0.869. The summed E-state index contributed by atoms with van der Waals surface area (Å²) in [5.41, 5.74) is 2.85. The Bertz CT molecular complexity index is 739. The lowest BCUT2D eigenvalue weighted by molar-refractivity contribution is -0.255. The summed E-state index contributed by atoms with van der Waals surface area (Å²) in [5.74, 6) is -0.759. The largest absolute Gasteiger partial charge is 0.545 e. The Morgan fingerprint density at radius 3 is 2.64 bits per heavy atom. The molecule has 0 saturated carbocycles. The molecular formula is C15H14N3O3S-. The number of carbonyl (C=O) groups excluding carboxylic acids is 2. The van der Waals surface area contributed by atoms with Crippen LogP contribution in [0, 0.1) is 6.92 Å². The maximum atomic E-state index is 12.0. The zero-order valence-electron chi connectivity index (χ0n) is 12.0. The summed E-state index contributed by atoms with van der Waals surface area (Å²) in [6.45, 7) is 3.74. The Balaban J connectivity index is 2.06. The summed E-state index contributed by atoms with van der Waals surface area (Å²) in [6, 6.07) is 6.54. The van der Waals surface area contributed by atoms with Gasteiger partial charge in [0.1, 0.15) is 0 Å². The van der Waals surface area contributed by atoms with E-state index in [9.17, 15) is 14.7 Å². The van der Waals surface area contributed by atoms with Gasteiger partial charge in [-0.3, -0.25) is 9.89 Å². The highest BCUT2D eigenvalue weighted by molar-refractivity contribution is 8.01. The molecule has 0 radical (unpaired) electrons. The molecule has 0 aliphatic carbocycles. The number of amides is 1. The molecule has 1 aromatic carbocycles. The zero-order valence-corrected chi connectivity index (χ0v) is 12.9. The van der Waals surface area contributed by atoms with Crippen LogP contribution in [0.15, 0.2) is 24.3 Å². The number of nitrogens with zero attached hydrogens (tertiary/aromatic N) is 1. The molecule has 2 N–H and O–H groups in total. The summed E-state index contributed by atoms with van der Waals surface area (Å²) in [6.07, 6.45) is 0. The Kier molecular flexibility index (Phi) is 3.66. The van der Waals surface area contributed by atoms with Gasteiger partial charge < -0.3 is 15.2 Å². The van der Waals surface area contributed by atoms with Crippen LogP contribution in [0.4, 0.5) is 5.82 Å². The van der Waals surface area contributed by atoms with E-state index in [0.717, 1.165) is 16.8 Å². The van der Waals surface area contributed by atoms with E-state index in [-0.39, 0.29) is 22.0 Å². The fourth-order valence-corrected chi connectivity index (χ4v) is 3.77. The van der Waals surface area contributed by atoms with E-state index in [1.165, 1.54) is 23.9 Å². The maximum absolute atomic E-state index is 12.0. The summed E-state index contributed by atoms with van der Waals surface area (Å²) in [7, 11) is 0. The number of hydrogen-bond donors (Lipinski definition) is 2. The zero-order chi connectivity index (χ0) is 15.9. The van der Waals surface area contributed by atoms with Gasteiger partial charge >= 0.3 is 0 Å². The third kappa shape index (κ3) is 2.48. The molecule has 1 amide bonds. The number of fused-ring (bicyclic) bond motifs is 1. The number of nitrogens with one attached hydrogen (secondary N) is 2. The summed E-state index contributed by atoms with van der Waals surface area (Å²) < 4.78 is 0. The van der Waals surface area contributed by atoms with Crippen LogP contribution in [-0.2, 0) is 4.79 Å². The topological polar surface area (TPSA) is 97.9 Å². The summed E-state index contributed by atoms with van der Waals surface area (Å²) >= 11 is 1.51. The first kappa shape index (κ1) is 14.6. The van der Waals surface area contributed by atoms with E-state index < -0.39 is 5.97 Å². The number of aryl methyl sites for hydroxylation is 1. The molecule has 0 unspecified atom stereocenters. The number of hydrogen-bond acceptors (Lipinski definition) is 5. The van der Waals surface area contributed by atoms with Crippen LogP contribution in [0.25, 0.3) is 0 Å². The first-order valence-electron chi connectivity index (χ1n) is 6.80. The predicted molar refractivity (Wildman–Crippen MR) is 81.6 cm³/mol. The van der Waals surface area contributed by atoms with Gasteiger partial charge in [0, 0.05) is 11.3 Å². The molecule has 0 saturated heterocycles. The minimum atomic E-state index is -1.20. The van der Waals surface area contributed by atoms with E-state index in [4.69, 9.17) is 0 Å². The van der Waals surface area contributed by atoms with Gasteiger partial charge in [0.15, 0.2) is 5.82 Å². The molecule has 1 aliphatic heterocycles. The summed E-state index contributed by atoms with van der Waals surface area (Å²) in [4.78, 5) is 22.9. The SMILES string of the molecule is Cc1[nH]nc2c1[C@H](c1ccc(C(=O)[O-])cc1)S[C@H](C)C(=O)N2. The van der Waals surface area contributed by atoms with Gasteiger partial charge in [-0.05, 0) is 25.0 Å². The average molecular weight is 316 g/mol. The Morgan fingerprint density at radius 1 is 1.32 bits per heavy atom. The van der Waals surface area contributed by atoms with Crippen molar-refractivity contribution in [2.24, 2.45) is 0 Å². The normalized spacial score (nSPS) is 20.9. The number of carbonyl (C=O) groups is 2. The molecule has 22 heavy (non-hydrogen) atoms. The highest BCUT2D eigenvalue weighted by Crippen LogP contribution is 2.44. The lowest BCUT2D eigenvalue weighted by Gasteiger charge is -2.18. The molecule has 0 spiro atoms. The number of aromatic carboxylic acids is 1. The Morgan fingerprint density at radius 2 is 2.00 bits per heavy atom. The van der Waals surface area contributed by atoms with Gasteiger partial charge in [0.05, 0.1) is 16.5 Å². The number of H-pyrrole nitrogens is 1. The van der Waals surface area contributed by atoms with Gasteiger partial charge in [0.25, 0.3) is 0 Å². The second kappa shape index (κ2) is 5.49. The van der Waals surface area contributed by atoms with Crippen molar-refractivity contribution in [3.8, 4) is 0 Å². The van der Waals surface area contributed by atoms with Gasteiger partial charge in [-0.15, -0.1) is 11.8 Å². The van der Waals surface area contributed by atoms with Gasteiger partial charge in [-0.1, -0.05) is 24.3 Å². The first-order valence-corrected chi connectivity index (χ1v) is 7.74. The minimum absolute atomic E-state index is 0.0911. The third-order valence-corrected chi connectivity index (χ3v) is 5.06. The van der Waals surface area contributed by atoms with E-state index in [2.05, 4.69) is 15.5 Å². The average Bonchev–Trinajstić information content (AvgIpc) is 2.79. The molecule has 2 aromatic rings. The minimum Gasteiger partial charge on any atom is -0.545 e. The van der Waals surface area contributed by atoms with Crippen molar-refractivity contribution < 1.29 is 14.7 Å². The fraction of sp³-hybridized carbons (Fsp3) is 0.267. The number of anilines is 1. The Hall–Kier alpha value is -2.28. The van der Waals surface area contributed by atoms with Crippen molar-refractivity contribution in [3.05, 3.63) is 46.6 Å². The van der Waals surface area contributed by atoms with Crippen LogP contribution in [-0.4, -0.2) is 27.3 Å². The van der Waals surface area contributed by atoms with Crippen LogP contribution >= 0.6 is 11.8 Å². The van der Waals surface area contributed by atoms with Gasteiger partial charge in [-0.25, -0.2) is 0 Å². The molecule has 3 rings (SSSR count). The van der Waals surface area contributed by atoms with Crippen molar-refractivity contribution >= 4 is 29.5 Å². The molecule has 2 heterocycles. The van der Waals surface area contributed by atoms with Gasteiger partial charge in [-0.2, -0.15) is 5.10 Å². The first-order chi connectivity index (χ1) is 10.5. The maximum Gasteiger partial charge on any atom is 0.238 e. The van der Waals surface area contributed by atoms with E-state index in [1.807, 2.05) is 13.8 Å². The number of rotatable bonds is 2. The lowest BCUT2D eigenvalue weighted by Crippen LogP contribution is -2.22. The molecule has 6 nitrogen and oxygen atoms in total. The van der Waals surface area contributed by atoms with Crippen molar-refractivity contribution in [1.29, 1.82) is 0 Å². The van der Waals surface area contributed by atoms with E-state index in [0.29, 0.717) is 5.82 Å². The molecule has 0 fully saturated rings. The number of aromatic amines is 1. The number of aromatic nitrogens is 2. The van der Waals surface area contributed by atoms with Crippen LogP contribution in [0.2, 0.25) is 0 Å². The van der Waals surface area contributed by atoms with Crippen LogP contribution in [0.3, 0.4) is 0 Å². The van der Waals surface area contributed by atoms with E-state index in [1.54, 1.807) is 12.1 Å². The van der Waals surface area contributed by atoms with Crippen molar-refractivity contribution in [1.82, 2.24) is 10.2 Å². The fourth-order valence-electron chi connectivity index (χ4n) is 2.45. The highest BCUT2D eigenvalue weighted by atomic mass is 32.2. The highest BCUT2D eigenvalue weighted by Gasteiger charge is 2.32. The second-order valence-electron chi connectivity index (χ2n) is 5.17. The molecule has 7 heteroatoms. The third-order valence-electron chi connectivity index (χ3n) is 3.66. The predicted octanol–water partition coefficient (Wildman–Crippen LogP) is 1.24. The molecular weight excluding hydrogens is 302 g/mol. The van der Waals surface area contributed by atoms with Crippen LogP contribution in [0.1, 0.15) is 39.4 Å².